The summed E-state index contributed by atoms with van der Waals surface area (Å²) in [5.74, 6) is 1.26. The van der Waals surface area contributed by atoms with Gasteiger partial charge in [0.15, 0.2) is 17.2 Å². The molecular weight excluding hydrogens is 402 g/mol. The second-order valence-corrected chi connectivity index (χ2v) is 7.79. The van der Waals surface area contributed by atoms with Crippen LogP contribution in [0, 0.1) is 6.92 Å². The smallest absolute Gasteiger partial charge is 0.279 e. The highest BCUT2D eigenvalue weighted by Gasteiger charge is 2.23. The van der Waals surface area contributed by atoms with Gasteiger partial charge in [-0.1, -0.05) is 48.5 Å². The Morgan fingerprint density at radius 2 is 1.72 bits per heavy atom. The van der Waals surface area contributed by atoms with Crippen molar-refractivity contribution in [1.29, 1.82) is 0 Å². The van der Waals surface area contributed by atoms with Crippen LogP contribution in [0.25, 0.3) is 11.1 Å². The van der Waals surface area contributed by atoms with Gasteiger partial charge in [0.25, 0.3) is 5.91 Å². The monoisotopic (exact) mass is 425 g/mol. The molecule has 0 radical (unpaired) electrons. The lowest BCUT2D eigenvalue weighted by molar-refractivity contribution is 0.0979. The maximum atomic E-state index is 13.6. The van der Waals surface area contributed by atoms with E-state index in [-0.39, 0.29) is 12.7 Å². The van der Waals surface area contributed by atoms with Crippen molar-refractivity contribution in [3.8, 4) is 22.6 Å². The first kappa shape index (κ1) is 19.9. The van der Waals surface area contributed by atoms with Crippen LogP contribution in [0.1, 0.15) is 21.7 Å². The Morgan fingerprint density at radius 1 is 0.938 bits per heavy atom. The van der Waals surface area contributed by atoms with Gasteiger partial charge < -0.3 is 14.4 Å². The van der Waals surface area contributed by atoms with E-state index in [0.717, 1.165) is 33.8 Å². The van der Waals surface area contributed by atoms with Crippen LogP contribution < -0.4 is 14.4 Å². The summed E-state index contributed by atoms with van der Waals surface area (Å²) < 4.78 is 12.7. The van der Waals surface area contributed by atoms with Crippen LogP contribution in [-0.4, -0.2) is 22.5 Å². The van der Waals surface area contributed by atoms with Crippen LogP contribution in [-0.2, 0) is 13.6 Å². The van der Waals surface area contributed by atoms with E-state index in [4.69, 9.17) is 9.47 Å². The van der Waals surface area contributed by atoms with Crippen molar-refractivity contribution in [2.75, 3.05) is 11.7 Å². The second-order valence-electron chi connectivity index (χ2n) is 7.79. The fourth-order valence-electron chi connectivity index (χ4n) is 3.79. The fraction of sp³-hybridized carbons (Fsp3) is 0.154. The van der Waals surface area contributed by atoms with Crippen molar-refractivity contribution in [2.24, 2.45) is 7.05 Å². The molecule has 1 aliphatic heterocycles. The number of amides is 1. The number of rotatable bonds is 5. The topological polar surface area (TPSA) is 56.6 Å². The van der Waals surface area contributed by atoms with E-state index in [1.54, 1.807) is 9.58 Å². The standard InChI is InChI=1S/C26H23N3O3/c1-18-13-23(27-28(18)2)26(30)29(16-19-11-12-24-25(14-19)32-17-31-24)22-10-6-9-21(15-22)20-7-4-3-5-8-20/h3-15H,16-17H2,1-2H3. The molecule has 0 aliphatic carbocycles. The number of aryl methyl sites for hydroxylation is 2. The average molecular weight is 425 g/mol. The van der Waals surface area contributed by atoms with E-state index >= 15 is 0 Å². The van der Waals surface area contributed by atoms with Gasteiger partial charge in [-0.2, -0.15) is 5.10 Å². The van der Waals surface area contributed by atoms with E-state index < -0.39 is 0 Å². The van der Waals surface area contributed by atoms with E-state index in [9.17, 15) is 4.79 Å². The number of ether oxygens (including phenoxy) is 2. The first-order valence-electron chi connectivity index (χ1n) is 10.4. The molecule has 3 aromatic carbocycles. The SMILES string of the molecule is Cc1cc(C(=O)N(Cc2ccc3c(c2)OCO3)c2cccc(-c3ccccc3)c2)nn1C. The first-order valence-corrected chi connectivity index (χ1v) is 10.4. The zero-order chi connectivity index (χ0) is 22.1. The molecule has 0 atom stereocenters. The van der Waals surface area contributed by atoms with Gasteiger partial charge in [-0.3, -0.25) is 9.48 Å². The number of carbonyl (C=O) groups excluding carboxylic acids is 1. The maximum Gasteiger partial charge on any atom is 0.279 e. The molecule has 0 spiro atoms. The number of carbonyl (C=O) groups is 1. The number of benzene rings is 3. The van der Waals surface area contributed by atoms with E-state index in [1.807, 2.05) is 80.7 Å². The third-order valence-corrected chi connectivity index (χ3v) is 5.62. The molecule has 0 saturated carbocycles. The largest absolute Gasteiger partial charge is 0.454 e. The van der Waals surface area contributed by atoms with Crippen LogP contribution in [0.4, 0.5) is 5.69 Å². The number of hydrogen-bond acceptors (Lipinski definition) is 4. The van der Waals surface area contributed by atoms with E-state index in [0.29, 0.717) is 18.0 Å². The first-order chi connectivity index (χ1) is 15.6. The average Bonchev–Trinajstić information content (AvgIpc) is 3.43. The van der Waals surface area contributed by atoms with Gasteiger partial charge in [0, 0.05) is 18.4 Å². The van der Waals surface area contributed by atoms with Gasteiger partial charge in [-0.25, -0.2) is 0 Å². The molecule has 32 heavy (non-hydrogen) atoms. The van der Waals surface area contributed by atoms with Crippen molar-refractivity contribution in [1.82, 2.24) is 9.78 Å². The Morgan fingerprint density at radius 3 is 2.50 bits per heavy atom. The van der Waals surface area contributed by atoms with Crippen LogP contribution >= 0.6 is 0 Å². The van der Waals surface area contributed by atoms with Crippen LogP contribution in [0.2, 0.25) is 0 Å². The molecule has 0 fully saturated rings. The summed E-state index contributed by atoms with van der Waals surface area (Å²) in [4.78, 5) is 15.3. The number of anilines is 1. The molecule has 6 nitrogen and oxygen atoms in total. The van der Waals surface area contributed by atoms with Gasteiger partial charge in [0.2, 0.25) is 6.79 Å². The van der Waals surface area contributed by atoms with Crippen LogP contribution in [0.15, 0.2) is 78.9 Å². The lowest BCUT2D eigenvalue weighted by Crippen LogP contribution is -2.31. The minimum Gasteiger partial charge on any atom is -0.454 e. The molecular formula is C26H23N3O3. The summed E-state index contributed by atoms with van der Waals surface area (Å²) in [6, 6.07) is 25.7. The molecule has 6 heteroatoms. The summed E-state index contributed by atoms with van der Waals surface area (Å²) in [7, 11) is 1.84. The van der Waals surface area contributed by atoms with Gasteiger partial charge >= 0.3 is 0 Å². The Kier molecular flexibility index (Phi) is 5.11. The van der Waals surface area contributed by atoms with Crippen molar-refractivity contribution >= 4 is 11.6 Å². The second kappa shape index (κ2) is 8.23. The van der Waals surface area contributed by atoms with Gasteiger partial charge in [-0.05, 0) is 53.9 Å². The van der Waals surface area contributed by atoms with Crippen LogP contribution in [0.3, 0.4) is 0 Å². The fourth-order valence-corrected chi connectivity index (χ4v) is 3.79. The van der Waals surface area contributed by atoms with Crippen LogP contribution in [0.5, 0.6) is 11.5 Å². The quantitative estimate of drug-likeness (QED) is 0.453. The predicted octanol–water partition coefficient (Wildman–Crippen LogP) is 4.97. The minimum absolute atomic E-state index is 0.156. The summed E-state index contributed by atoms with van der Waals surface area (Å²) in [5.41, 5.74) is 5.23. The molecule has 0 unspecified atom stereocenters. The molecule has 2 heterocycles. The molecule has 160 valence electrons. The van der Waals surface area contributed by atoms with E-state index in [2.05, 4.69) is 17.2 Å². The molecule has 0 bridgehead atoms. The normalized spacial score (nSPS) is 12.1. The van der Waals surface area contributed by atoms with E-state index in [1.165, 1.54) is 0 Å². The molecule has 5 rings (SSSR count). The van der Waals surface area contributed by atoms with Gasteiger partial charge in [0.05, 0.1) is 6.54 Å². The summed E-state index contributed by atoms with van der Waals surface area (Å²) in [6.07, 6.45) is 0. The third kappa shape index (κ3) is 3.83. The lowest BCUT2D eigenvalue weighted by atomic mass is 10.0. The van der Waals surface area contributed by atoms with Crippen molar-refractivity contribution in [3.63, 3.8) is 0 Å². The predicted molar refractivity (Wildman–Crippen MR) is 123 cm³/mol. The highest BCUT2D eigenvalue weighted by Crippen LogP contribution is 2.34. The van der Waals surface area contributed by atoms with Crippen molar-refractivity contribution < 1.29 is 14.3 Å². The van der Waals surface area contributed by atoms with Gasteiger partial charge in [0.1, 0.15) is 0 Å². The molecule has 0 saturated heterocycles. The third-order valence-electron chi connectivity index (χ3n) is 5.62. The number of nitrogens with zero attached hydrogens (tertiary/aromatic N) is 3. The van der Waals surface area contributed by atoms with Crippen molar-refractivity contribution in [2.45, 2.75) is 13.5 Å². The Balaban J connectivity index is 1.54. The summed E-state index contributed by atoms with van der Waals surface area (Å²) >= 11 is 0. The van der Waals surface area contributed by atoms with Crippen molar-refractivity contribution in [3.05, 3.63) is 95.8 Å². The zero-order valence-corrected chi connectivity index (χ0v) is 18.0. The molecule has 1 amide bonds. The number of aromatic nitrogens is 2. The molecule has 4 aromatic rings. The highest BCUT2D eigenvalue weighted by molar-refractivity contribution is 6.05. The lowest BCUT2D eigenvalue weighted by Gasteiger charge is -2.23. The molecule has 1 aromatic heterocycles. The maximum absolute atomic E-state index is 13.6. The molecule has 0 N–H and O–H groups in total. The number of hydrogen-bond donors (Lipinski definition) is 0. The summed E-state index contributed by atoms with van der Waals surface area (Å²) in [6.45, 7) is 2.53. The highest BCUT2D eigenvalue weighted by atomic mass is 16.7. The number of fused-ring (bicyclic) bond motifs is 1. The Bertz CT molecular complexity index is 1260. The van der Waals surface area contributed by atoms with Gasteiger partial charge in [-0.15, -0.1) is 0 Å². The Hall–Kier alpha value is -4.06. The Labute approximate surface area is 186 Å². The molecule has 1 aliphatic rings. The minimum atomic E-state index is -0.156. The zero-order valence-electron chi connectivity index (χ0n) is 18.0. The summed E-state index contributed by atoms with van der Waals surface area (Å²) in [5, 5.41) is 4.42.